The zero-order chi connectivity index (χ0) is 17.4. The Bertz CT molecular complexity index is 696. The molecule has 0 radical (unpaired) electrons. The molecule has 2 rings (SSSR count). The molecule has 0 spiro atoms. The van der Waals surface area contributed by atoms with Crippen molar-refractivity contribution in [3.05, 3.63) is 59.7 Å². The Labute approximate surface area is 142 Å². The zero-order valence-corrected chi connectivity index (χ0v) is 13.9. The molecule has 0 saturated carbocycles. The van der Waals surface area contributed by atoms with Crippen LogP contribution in [0.25, 0.3) is 0 Å². The second-order valence-corrected chi connectivity index (χ2v) is 5.56. The Balaban J connectivity index is 1.78. The normalized spacial score (nSPS) is 12.1. The molecule has 0 aliphatic heterocycles. The molecule has 0 aromatic heterocycles. The van der Waals surface area contributed by atoms with Crippen LogP contribution in [0.5, 0.6) is 11.5 Å². The number of rotatable bonds is 7. The lowest BCUT2D eigenvalue weighted by Gasteiger charge is -2.10. The zero-order valence-electron chi connectivity index (χ0n) is 13.9. The maximum absolute atomic E-state index is 11.7. The summed E-state index contributed by atoms with van der Waals surface area (Å²) in [7, 11) is 0. The van der Waals surface area contributed by atoms with E-state index >= 15 is 0 Å². The summed E-state index contributed by atoms with van der Waals surface area (Å²) in [4.78, 5) is 11.7. The number of ether oxygens (including phenoxy) is 1. The second kappa shape index (κ2) is 8.72. The van der Waals surface area contributed by atoms with Gasteiger partial charge in [0.1, 0.15) is 11.5 Å². The Morgan fingerprint density at radius 3 is 2.71 bits per heavy atom. The van der Waals surface area contributed by atoms with E-state index in [2.05, 4.69) is 24.4 Å². The van der Waals surface area contributed by atoms with Gasteiger partial charge in [0.05, 0.1) is 6.21 Å². The fourth-order valence-corrected chi connectivity index (χ4v) is 2.09. The van der Waals surface area contributed by atoms with E-state index in [4.69, 9.17) is 4.74 Å². The highest BCUT2D eigenvalue weighted by molar-refractivity contribution is 5.83. The van der Waals surface area contributed by atoms with Gasteiger partial charge >= 0.3 is 0 Å². The van der Waals surface area contributed by atoms with Crippen molar-refractivity contribution >= 4 is 12.1 Å². The van der Waals surface area contributed by atoms with Gasteiger partial charge in [0, 0.05) is 0 Å². The van der Waals surface area contributed by atoms with E-state index in [1.165, 1.54) is 11.8 Å². The molecule has 5 nitrogen and oxygen atoms in total. The van der Waals surface area contributed by atoms with Crippen molar-refractivity contribution in [1.82, 2.24) is 5.43 Å². The molecule has 0 fully saturated rings. The van der Waals surface area contributed by atoms with Gasteiger partial charge in [0.2, 0.25) is 0 Å². The summed E-state index contributed by atoms with van der Waals surface area (Å²) in [6.07, 6.45) is 2.54. The minimum atomic E-state index is -0.350. The van der Waals surface area contributed by atoms with Crippen molar-refractivity contribution in [3.8, 4) is 11.5 Å². The van der Waals surface area contributed by atoms with Crippen molar-refractivity contribution in [2.45, 2.75) is 26.2 Å². The van der Waals surface area contributed by atoms with Crippen molar-refractivity contribution in [2.75, 3.05) is 6.61 Å². The van der Waals surface area contributed by atoms with Crippen molar-refractivity contribution in [3.63, 3.8) is 0 Å². The van der Waals surface area contributed by atoms with Crippen molar-refractivity contribution < 1.29 is 14.6 Å². The molecule has 2 aromatic carbocycles. The first-order chi connectivity index (χ1) is 11.6. The first-order valence-corrected chi connectivity index (χ1v) is 7.92. The van der Waals surface area contributed by atoms with Gasteiger partial charge in [-0.15, -0.1) is 0 Å². The molecule has 0 unspecified atom stereocenters. The molecule has 0 heterocycles. The van der Waals surface area contributed by atoms with E-state index in [-0.39, 0.29) is 18.3 Å². The molecular weight excluding hydrogens is 304 g/mol. The number of carbonyl (C=O) groups excluding carboxylic acids is 1. The Morgan fingerprint density at radius 1 is 1.29 bits per heavy atom. The molecular formula is C19H22N2O3. The van der Waals surface area contributed by atoms with Crippen LogP contribution in [0.3, 0.4) is 0 Å². The number of phenols is 1. The molecule has 24 heavy (non-hydrogen) atoms. The van der Waals surface area contributed by atoms with Crippen LogP contribution < -0.4 is 10.2 Å². The van der Waals surface area contributed by atoms with Gasteiger partial charge < -0.3 is 9.84 Å². The first-order valence-electron chi connectivity index (χ1n) is 7.92. The highest BCUT2D eigenvalue weighted by Gasteiger charge is 2.04. The molecule has 2 aromatic rings. The number of phenolic OH excluding ortho intramolecular Hbond substituents is 1. The molecule has 5 heteroatoms. The van der Waals surface area contributed by atoms with E-state index in [0.29, 0.717) is 17.2 Å². The number of hydrogen-bond donors (Lipinski definition) is 2. The number of benzene rings is 2. The van der Waals surface area contributed by atoms with Crippen LogP contribution in [-0.2, 0) is 4.79 Å². The lowest BCUT2D eigenvalue weighted by atomic mass is 9.99. The molecule has 1 amide bonds. The maximum atomic E-state index is 11.7. The first kappa shape index (κ1) is 17.5. The number of aromatic hydroxyl groups is 1. The smallest absolute Gasteiger partial charge is 0.277 e. The summed E-state index contributed by atoms with van der Waals surface area (Å²) in [6, 6.07) is 14.3. The highest BCUT2D eigenvalue weighted by Crippen LogP contribution is 2.21. The quantitative estimate of drug-likeness (QED) is 0.605. The third-order valence-electron chi connectivity index (χ3n) is 3.70. The molecule has 0 aliphatic rings. The molecule has 0 bridgehead atoms. The highest BCUT2D eigenvalue weighted by atomic mass is 16.5. The van der Waals surface area contributed by atoms with Crippen LogP contribution in [0.4, 0.5) is 0 Å². The number of hydrogen-bond acceptors (Lipinski definition) is 4. The third kappa shape index (κ3) is 5.43. The van der Waals surface area contributed by atoms with E-state index < -0.39 is 0 Å². The van der Waals surface area contributed by atoms with E-state index in [0.717, 1.165) is 6.42 Å². The average molecular weight is 326 g/mol. The molecule has 126 valence electrons. The number of amides is 1. The molecule has 0 aliphatic carbocycles. The molecule has 1 atom stereocenters. The van der Waals surface area contributed by atoms with E-state index in [1.807, 2.05) is 24.3 Å². The maximum Gasteiger partial charge on any atom is 0.277 e. The Morgan fingerprint density at radius 2 is 2.04 bits per heavy atom. The fourth-order valence-electron chi connectivity index (χ4n) is 2.09. The van der Waals surface area contributed by atoms with Crippen LogP contribution in [0.1, 0.15) is 37.3 Å². The van der Waals surface area contributed by atoms with E-state index in [9.17, 15) is 9.90 Å². The van der Waals surface area contributed by atoms with Crippen LogP contribution >= 0.6 is 0 Å². The van der Waals surface area contributed by atoms with Crippen LogP contribution in [0, 0.1) is 0 Å². The number of nitrogens with zero attached hydrogens (tertiary/aromatic N) is 1. The predicted octanol–water partition coefficient (Wildman–Crippen LogP) is 3.43. The van der Waals surface area contributed by atoms with Crippen LogP contribution in [0.15, 0.2) is 53.6 Å². The standard InChI is InChI=1S/C19H22N2O3/c1-3-14(2)16-7-9-18(10-8-16)24-13-19(23)21-20-12-15-5-4-6-17(22)11-15/h4-12,14,22H,3,13H2,1-2H3,(H,21,23)/b20-12-/t14-/m1/s1. The van der Waals surface area contributed by atoms with Gasteiger partial charge in [-0.1, -0.05) is 38.1 Å². The topological polar surface area (TPSA) is 70.9 Å². The van der Waals surface area contributed by atoms with Gasteiger partial charge in [-0.05, 0) is 47.7 Å². The Kier molecular flexibility index (Phi) is 6.37. The monoisotopic (exact) mass is 326 g/mol. The van der Waals surface area contributed by atoms with Crippen LogP contribution in [0.2, 0.25) is 0 Å². The predicted molar refractivity (Wildman–Crippen MR) is 94.5 cm³/mol. The molecule has 2 N–H and O–H groups in total. The average Bonchev–Trinajstić information content (AvgIpc) is 2.60. The van der Waals surface area contributed by atoms with E-state index in [1.54, 1.807) is 24.3 Å². The summed E-state index contributed by atoms with van der Waals surface area (Å²) < 4.78 is 5.43. The van der Waals surface area contributed by atoms with Crippen molar-refractivity contribution in [2.24, 2.45) is 5.10 Å². The minimum Gasteiger partial charge on any atom is -0.508 e. The van der Waals surface area contributed by atoms with Gasteiger partial charge in [-0.2, -0.15) is 5.10 Å². The van der Waals surface area contributed by atoms with Crippen LogP contribution in [-0.4, -0.2) is 23.8 Å². The lowest BCUT2D eigenvalue weighted by Crippen LogP contribution is -2.24. The van der Waals surface area contributed by atoms with Gasteiger partial charge in [-0.25, -0.2) is 5.43 Å². The SMILES string of the molecule is CC[C@@H](C)c1ccc(OCC(=O)N/N=C\c2cccc(O)c2)cc1. The van der Waals surface area contributed by atoms with Gasteiger partial charge in [0.25, 0.3) is 5.91 Å². The summed E-state index contributed by atoms with van der Waals surface area (Å²) in [6.45, 7) is 4.21. The minimum absolute atomic E-state index is 0.111. The number of hydrazone groups is 1. The fraction of sp³-hybridized carbons (Fsp3) is 0.263. The lowest BCUT2D eigenvalue weighted by molar-refractivity contribution is -0.123. The number of carbonyl (C=O) groups is 1. The number of nitrogens with one attached hydrogen (secondary N) is 1. The summed E-state index contributed by atoms with van der Waals surface area (Å²) >= 11 is 0. The second-order valence-electron chi connectivity index (χ2n) is 5.56. The summed E-state index contributed by atoms with van der Waals surface area (Å²) in [5.74, 6) is 0.954. The third-order valence-corrected chi connectivity index (χ3v) is 3.70. The Hall–Kier alpha value is -2.82. The summed E-state index contributed by atoms with van der Waals surface area (Å²) in [5.41, 5.74) is 4.33. The van der Waals surface area contributed by atoms with Gasteiger partial charge in [-0.3, -0.25) is 4.79 Å². The molecule has 0 saturated heterocycles. The summed E-state index contributed by atoms with van der Waals surface area (Å²) in [5, 5.41) is 13.2. The van der Waals surface area contributed by atoms with Gasteiger partial charge in [0.15, 0.2) is 6.61 Å². The largest absolute Gasteiger partial charge is 0.508 e. The van der Waals surface area contributed by atoms with Crippen molar-refractivity contribution in [1.29, 1.82) is 0 Å².